The van der Waals surface area contributed by atoms with E-state index in [0.717, 1.165) is 22.0 Å². The summed E-state index contributed by atoms with van der Waals surface area (Å²) in [5, 5.41) is -0.0297. The number of para-hydroxylation sites is 1. The fraction of sp³-hybridized carbons (Fsp3) is 0. The van der Waals surface area contributed by atoms with E-state index in [-0.39, 0.29) is 21.5 Å². The molecule has 3 aromatic rings. The van der Waals surface area contributed by atoms with E-state index >= 15 is 0 Å². The van der Waals surface area contributed by atoms with Crippen molar-refractivity contribution in [3.05, 3.63) is 69.6 Å². The van der Waals surface area contributed by atoms with E-state index in [1.54, 1.807) is 24.3 Å². The number of carbonyl (C=O) groups excluding carboxylic acids is 2. The molecule has 0 N–H and O–H groups in total. The summed E-state index contributed by atoms with van der Waals surface area (Å²) in [6.45, 7) is 0. The predicted molar refractivity (Wildman–Crippen MR) is 93.5 cm³/mol. The van der Waals surface area contributed by atoms with Crippen molar-refractivity contribution in [1.82, 2.24) is 4.98 Å². The summed E-state index contributed by atoms with van der Waals surface area (Å²) >= 11 is 8.80. The highest BCUT2D eigenvalue weighted by molar-refractivity contribution is 8.05. The molecule has 2 aromatic carbocycles. The number of ketones is 2. The van der Waals surface area contributed by atoms with Crippen molar-refractivity contribution in [2.75, 3.05) is 0 Å². The predicted octanol–water partition coefficient (Wildman–Crippen LogP) is 4.92. The molecule has 0 unspecified atom stereocenters. The molecular weight excluding hydrogens is 350 g/mol. The van der Waals surface area contributed by atoms with Crippen molar-refractivity contribution in [3.8, 4) is 0 Å². The Balaban J connectivity index is 1.77. The van der Waals surface area contributed by atoms with Crippen molar-refractivity contribution in [2.45, 2.75) is 4.34 Å². The molecule has 0 fully saturated rings. The van der Waals surface area contributed by atoms with Gasteiger partial charge in [0.05, 0.1) is 15.1 Å². The Morgan fingerprint density at radius 3 is 2.30 bits per heavy atom. The first-order valence-electron chi connectivity index (χ1n) is 6.77. The van der Waals surface area contributed by atoms with Crippen LogP contribution >= 0.6 is 34.7 Å². The minimum atomic E-state index is -0.314. The van der Waals surface area contributed by atoms with Crippen LogP contribution in [0.2, 0.25) is 0 Å². The van der Waals surface area contributed by atoms with E-state index in [2.05, 4.69) is 4.98 Å². The molecule has 1 aromatic heterocycles. The van der Waals surface area contributed by atoms with Crippen LogP contribution in [0, 0.1) is 0 Å². The third-order valence-corrected chi connectivity index (χ3v) is 6.15. The normalized spacial score (nSPS) is 14.5. The molecule has 0 spiro atoms. The third kappa shape index (κ3) is 2.41. The van der Waals surface area contributed by atoms with Crippen molar-refractivity contribution in [1.29, 1.82) is 0 Å². The monoisotopic (exact) mass is 357 g/mol. The van der Waals surface area contributed by atoms with Crippen LogP contribution in [0.15, 0.2) is 62.8 Å². The van der Waals surface area contributed by atoms with Gasteiger partial charge in [0.1, 0.15) is 5.03 Å². The van der Waals surface area contributed by atoms with Crippen molar-refractivity contribution < 1.29 is 9.59 Å². The lowest BCUT2D eigenvalue weighted by molar-refractivity contribution is 0.0987. The van der Waals surface area contributed by atoms with Crippen molar-refractivity contribution in [3.63, 3.8) is 0 Å². The molecule has 1 aliphatic rings. The Hall–Kier alpha value is -1.95. The minimum absolute atomic E-state index is 0.0297. The number of allylic oxidation sites excluding steroid dienone is 2. The number of hydrogen-bond donors (Lipinski definition) is 0. The lowest BCUT2D eigenvalue weighted by Crippen LogP contribution is -2.18. The summed E-state index contributed by atoms with van der Waals surface area (Å²) in [7, 11) is 0. The van der Waals surface area contributed by atoms with Crippen LogP contribution in [0.4, 0.5) is 0 Å². The zero-order valence-electron chi connectivity index (χ0n) is 11.6. The first-order chi connectivity index (χ1) is 11.1. The lowest BCUT2D eigenvalue weighted by Gasteiger charge is -2.16. The van der Waals surface area contributed by atoms with Gasteiger partial charge in [-0.2, -0.15) is 0 Å². The van der Waals surface area contributed by atoms with Crippen molar-refractivity contribution in [2.24, 2.45) is 0 Å². The highest BCUT2D eigenvalue weighted by Gasteiger charge is 2.32. The maximum Gasteiger partial charge on any atom is 0.206 e. The number of rotatable bonds is 2. The average Bonchev–Trinajstić information content (AvgIpc) is 2.99. The summed E-state index contributed by atoms with van der Waals surface area (Å²) < 4.78 is 1.72. The summed E-state index contributed by atoms with van der Waals surface area (Å²) in [6, 6.07) is 14.5. The third-order valence-electron chi connectivity index (χ3n) is 3.48. The molecule has 112 valence electrons. The number of hydrogen-bond acceptors (Lipinski definition) is 5. The Morgan fingerprint density at radius 2 is 1.57 bits per heavy atom. The van der Waals surface area contributed by atoms with Crippen LogP contribution in [0.3, 0.4) is 0 Å². The van der Waals surface area contributed by atoms with Gasteiger partial charge < -0.3 is 0 Å². The molecule has 3 nitrogen and oxygen atoms in total. The molecular formula is C17H8ClNO2S2. The van der Waals surface area contributed by atoms with Crippen molar-refractivity contribution >= 4 is 56.5 Å². The lowest BCUT2D eigenvalue weighted by atomic mass is 9.95. The highest BCUT2D eigenvalue weighted by Crippen LogP contribution is 2.40. The molecule has 1 heterocycles. The standard InChI is InChI=1S/C17H8ClNO2S2/c18-13-14(20)9-5-1-2-6-10(9)15(21)16(13)23-17-19-11-7-3-4-8-12(11)22-17/h1-8H. The molecule has 0 saturated carbocycles. The fourth-order valence-corrected chi connectivity index (χ4v) is 4.79. The van der Waals surface area contributed by atoms with E-state index in [0.29, 0.717) is 15.5 Å². The Morgan fingerprint density at radius 1 is 0.913 bits per heavy atom. The van der Waals surface area contributed by atoms with Crippen LogP contribution in [0.5, 0.6) is 0 Å². The SMILES string of the molecule is O=C1C(Cl)=C(Sc2nc3ccccc3s2)C(=O)c2ccccc21. The van der Waals surface area contributed by atoms with E-state index in [1.807, 2.05) is 24.3 Å². The zero-order valence-corrected chi connectivity index (χ0v) is 14.0. The van der Waals surface area contributed by atoms with E-state index in [9.17, 15) is 9.59 Å². The van der Waals surface area contributed by atoms with E-state index < -0.39 is 0 Å². The summed E-state index contributed by atoms with van der Waals surface area (Å²) in [5.41, 5.74) is 1.62. The smallest absolute Gasteiger partial charge is 0.206 e. The minimum Gasteiger partial charge on any atom is -0.288 e. The van der Waals surface area contributed by atoms with Gasteiger partial charge in [-0.05, 0) is 12.1 Å². The maximum atomic E-state index is 12.7. The molecule has 23 heavy (non-hydrogen) atoms. The molecule has 0 atom stereocenters. The molecule has 6 heteroatoms. The zero-order chi connectivity index (χ0) is 16.0. The van der Waals surface area contributed by atoms with Gasteiger partial charge in [0.15, 0.2) is 4.34 Å². The topological polar surface area (TPSA) is 47.0 Å². The number of aromatic nitrogens is 1. The molecule has 0 aliphatic heterocycles. The Bertz CT molecular complexity index is 974. The number of nitrogens with zero attached hydrogens (tertiary/aromatic N) is 1. The molecule has 4 rings (SSSR count). The van der Waals surface area contributed by atoms with Gasteiger partial charge in [-0.15, -0.1) is 11.3 Å². The van der Waals surface area contributed by atoms with E-state index in [1.165, 1.54) is 11.3 Å². The highest BCUT2D eigenvalue weighted by atomic mass is 35.5. The molecule has 1 aliphatic carbocycles. The number of halogens is 1. The summed E-state index contributed by atoms with van der Waals surface area (Å²) in [6.07, 6.45) is 0. The number of benzene rings is 2. The molecule has 0 bridgehead atoms. The molecule has 0 radical (unpaired) electrons. The molecule has 0 amide bonds. The second-order valence-electron chi connectivity index (χ2n) is 4.90. The number of thiazole rings is 1. The van der Waals surface area contributed by atoms with Crippen LogP contribution in [0.1, 0.15) is 20.7 Å². The number of fused-ring (bicyclic) bond motifs is 2. The van der Waals surface area contributed by atoms with Gasteiger partial charge in [0, 0.05) is 11.1 Å². The second-order valence-corrected chi connectivity index (χ2v) is 7.56. The fourth-order valence-electron chi connectivity index (χ4n) is 2.40. The van der Waals surface area contributed by atoms with Gasteiger partial charge >= 0.3 is 0 Å². The summed E-state index contributed by atoms with van der Waals surface area (Å²) in [4.78, 5) is 29.7. The number of Topliss-reactive ketones (excluding diaryl/α,β-unsaturated/α-hetero) is 2. The first-order valence-corrected chi connectivity index (χ1v) is 8.78. The second kappa shape index (κ2) is 5.60. The van der Waals surface area contributed by atoms with Crippen LogP contribution in [-0.4, -0.2) is 16.6 Å². The maximum absolute atomic E-state index is 12.7. The number of carbonyl (C=O) groups is 2. The Labute approximate surface area is 145 Å². The first kappa shape index (κ1) is 14.6. The van der Waals surface area contributed by atoms with Gasteiger partial charge in [0.25, 0.3) is 0 Å². The van der Waals surface area contributed by atoms with E-state index in [4.69, 9.17) is 11.6 Å². The van der Waals surface area contributed by atoms with Gasteiger partial charge in [-0.25, -0.2) is 4.98 Å². The number of thioether (sulfide) groups is 1. The van der Waals surface area contributed by atoms with Crippen LogP contribution in [-0.2, 0) is 0 Å². The quantitative estimate of drug-likeness (QED) is 0.653. The molecule has 0 saturated heterocycles. The average molecular weight is 358 g/mol. The van der Waals surface area contributed by atoms with Gasteiger partial charge in [-0.1, -0.05) is 59.8 Å². The largest absolute Gasteiger partial charge is 0.288 e. The van der Waals surface area contributed by atoms with Crippen LogP contribution < -0.4 is 0 Å². The van der Waals surface area contributed by atoms with Crippen LogP contribution in [0.25, 0.3) is 10.2 Å². The summed E-state index contributed by atoms with van der Waals surface area (Å²) in [5.74, 6) is -0.542. The van der Waals surface area contributed by atoms with Gasteiger partial charge in [-0.3, -0.25) is 9.59 Å². The van der Waals surface area contributed by atoms with Gasteiger partial charge in [0.2, 0.25) is 11.6 Å². The Kier molecular flexibility index (Phi) is 3.56.